The summed E-state index contributed by atoms with van der Waals surface area (Å²) in [5, 5.41) is 13.0. The number of anilines is 1. The smallest absolute Gasteiger partial charge is 0.256 e. The molecule has 7 heteroatoms. The van der Waals surface area contributed by atoms with E-state index in [0.717, 1.165) is 39.4 Å². The van der Waals surface area contributed by atoms with Crippen LogP contribution in [0.25, 0.3) is 28.0 Å². The fourth-order valence-corrected chi connectivity index (χ4v) is 4.21. The highest BCUT2D eigenvalue weighted by Crippen LogP contribution is 2.29. The summed E-state index contributed by atoms with van der Waals surface area (Å²) in [6.07, 6.45) is 0. The maximum atomic E-state index is 13.6. The number of benzene rings is 2. The number of hydrogen-bond donors (Lipinski definition) is 1. The summed E-state index contributed by atoms with van der Waals surface area (Å²) in [6, 6.07) is 21.6. The van der Waals surface area contributed by atoms with Gasteiger partial charge in [0.15, 0.2) is 5.65 Å². The Labute approximate surface area is 191 Å². The van der Waals surface area contributed by atoms with E-state index in [9.17, 15) is 4.79 Å². The minimum atomic E-state index is -0.213. The van der Waals surface area contributed by atoms with Crippen molar-refractivity contribution in [1.29, 1.82) is 0 Å². The number of rotatable bonds is 4. The fourth-order valence-electron chi connectivity index (χ4n) is 4.21. The molecule has 1 amide bonds. The van der Waals surface area contributed by atoms with Gasteiger partial charge in [-0.1, -0.05) is 48.5 Å². The van der Waals surface area contributed by atoms with Gasteiger partial charge in [-0.15, -0.1) is 0 Å². The van der Waals surface area contributed by atoms with E-state index in [-0.39, 0.29) is 5.91 Å². The number of aryl methyl sites for hydroxylation is 3. The number of nitrogens with zero attached hydrogens (tertiary/aromatic N) is 5. The number of hydrogen-bond acceptors (Lipinski definition) is 4. The Bertz CT molecular complexity index is 1480. The molecular weight excluding hydrogens is 412 g/mol. The fraction of sp³-hybridized carbons (Fsp3) is 0.154. The van der Waals surface area contributed by atoms with Crippen LogP contribution in [0, 0.1) is 20.8 Å². The highest BCUT2D eigenvalue weighted by Gasteiger charge is 2.22. The van der Waals surface area contributed by atoms with Crippen molar-refractivity contribution in [3.8, 4) is 16.9 Å². The maximum Gasteiger partial charge on any atom is 0.256 e. The Morgan fingerprint density at radius 2 is 1.55 bits per heavy atom. The van der Waals surface area contributed by atoms with Crippen LogP contribution in [0.2, 0.25) is 0 Å². The molecule has 2 aromatic carbocycles. The Hall–Kier alpha value is -4.26. The van der Waals surface area contributed by atoms with Crippen LogP contribution < -0.4 is 5.32 Å². The Balaban J connectivity index is 1.60. The third kappa shape index (κ3) is 3.57. The quantitative estimate of drug-likeness (QED) is 0.430. The first-order valence-electron chi connectivity index (χ1n) is 10.8. The van der Waals surface area contributed by atoms with Crippen molar-refractivity contribution in [2.24, 2.45) is 7.05 Å². The summed E-state index contributed by atoms with van der Waals surface area (Å²) in [5.74, 6) is -0.213. The van der Waals surface area contributed by atoms with Crippen LogP contribution in [-0.2, 0) is 7.05 Å². The lowest BCUT2D eigenvalue weighted by molar-refractivity contribution is 0.102. The van der Waals surface area contributed by atoms with E-state index in [1.165, 1.54) is 0 Å². The monoisotopic (exact) mass is 436 g/mol. The highest BCUT2D eigenvalue weighted by molar-refractivity contribution is 6.13. The van der Waals surface area contributed by atoms with Gasteiger partial charge in [-0.3, -0.25) is 9.48 Å². The van der Waals surface area contributed by atoms with E-state index in [1.807, 2.05) is 99.2 Å². The van der Waals surface area contributed by atoms with Crippen molar-refractivity contribution >= 4 is 22.6 Å². The summed E-state index contributed by atoms with van der Waals surface area (Å²) in [6.45, 7) is 5.75. The highest BCUT2D eigenvalue weighted by atomic mass is 16.1. The Morgan fingerprint density at radius 1 is 0.879 bits per heavy atom. The second-order valence-electron chi connectivity index (χ2n) is 8.08. The van der Waals surface area contributed by atoms with Crippen LogP contribution in [0.5, 0.6) is 0 Å². The van der Waals surface area contributed by atoms with Gasteiger partial charge in [0.25, 0.3) is 5.91 Å². The van der Waals surface area contributed by atoms with Crippen molar-refractivity contribution in [3.63, 3.8) is 0 Å². The molecule has 7 nitrogen and oxygen atoms in total. The number of para-hydroxylation sites is 1. The van der Waals surface area contributed by atoms with E-state index >= 15 is 0 Å². The first-order valence-corrected chi connectivity index (χ1v) is 10.8. The van der Waals surface area contributed by atoms with Crippen LogP contribution in [0.1, 0.15) is 27.4 Å². The lowest BCUT2D eigenvalue weighted by Gasteiger charge is -2.10. The number of pyridine rings is 1. The Kier molecular flexibility index (Phi) is 5.01. The first-order chi connectivity index (χ1) is 15.9. The third-order valence-electron chi connectivity index (χ3n) is 5.81. The van der Waals surface area contributed by atoms with E-state index in [4.69, 9.17) is 4.98 Å². The molecule has 0 spiro atoms. The molecule has 0 saturated carbocycles. The van der Waals surface area contributed by atoms with Gasteiger partial charge in [0.2, 0.25) is 0 Å². The van der Waals surface area contributed by atoms with Gasteiger partial charge in [-0.05, 0) is 39.0 Å². The van der Waals surface area contributed by atoms with Crippen molar-refractivity contribution in [2.45, 2.75) is 20.8 Å². The number of fused-ring (bicyclic) bond motifs is 1. The van der Waals surface area contributed by atoms with Crippen LogP contribution in [0.15, 0.2) is 66.7 Å². The predicted octanol–water partition coefficient (Wildman–Crippen LogP) is 5.00. The number of carbonyl (C=O) groups excluding carboxylic acids is 1. The molecule has 0 unspecified atom stereocenters. The van der Waals surface area contributed by atoms with E-state index < -0.39 is 0 Å². The van der Waals surface area contributed by atoms with Gasteiger partial charge in [-0.2, -0.15) is 10.2 Å². The third-order valence-corrected chi connectivity index (χ3v) is 5.81. The molecule has 0 atom stereocenters. The maximum absolute atomic E-state index is 13.6. The zero-order valence-electron chi connectivity index (χ0n) is 19.0. The largest absolute Gasteiger partial charge is 0.319 e. The van der Waals surface area contributed by atoms with Gasteiger partial charge in [0.1, 0.15) is 0 Å². The number of carbonyl (C=O) groups is 1. The summed E-state index contributed by atoms with van der Waals surface area (Å²) in [7, 11) is 1.84. The molecule has 3 heterocycles. The summed E-state index contributed by atoms with van der Waals surface area (Å²) in [4.78, 5) is 18.4. The molecule has 0 aliphatic heterocycles. The molecule has 0 radical (unpaired) electrons. The molecule has 0 aliphatic rings. The second kappa shape index (κ2) is 8.02. The van der Waals surface area contributed by atoms with Gasteiger partial charge in [0.05, 0.1) is 45.1 Å². The summed E-state index contributed by atoms with van der Waals surface area (Å²) in [5.41, 5.74) is 6.91. The molecule has 0 aliphatic carbocycles. The minimum Gasteiger partial charge on any atom is -0.319 e. The SMILES string of the molecule is Cc1nn(-c2ccccc2)c(C)c1NC(=O)c1cc(-c2ccccc2)nc2c1c(C)nn2C. The van der Waals surface area contributed by atoms with E-state index in [2.05, 4.69) is 15.5 Å². The molecule has 5 rings (SSSR count). The first kappa shape index (κ1) is 20.6. The summed E-state index contributed by atoms with van der Waals surface area (Å²) >= 11 is 0. The van der Waals surface area contributed by atoms with Gasteiger partial charge < -0.3 is 5.32 Å². The van der Waals surface area contributed by atoms with E-state index in [1.54, 1.807) is 4.68 Å². The van der Waals surface area contributed by atoms with Gasteiger partial charge >= 0.3 is 0 Å². The van der Waals surface area contributed by atoms with Crippen LogP contribution >= 0.6 is 0 Å². The Morgan fingerprint density at radius 3 is 2.24 bits per heavy atom. The predicted molar refractivity (Wildman–Crippen MR) is 130 cm³/mol. The van der Waals surface area contributed by atoms with Crippen molar-refractivity contribution in [1.82, 2.24) is 24.5 Å². The molecule has 3 aromatic heterocycles. The normalized spacial score (nSPS) is 11.2. The molecular formula is C26H24N6O. The van der Waals surface area contributed by atoms with Gasteiger partial charge in [-0.25, -0.2) is 9.67 Å². The zero-order chi connectivity index (χ0) is 23.1. The number of amides is 1. The molecule has 5 aromatic rings. The molecule has 33 heavy (non-hydrogen) atoms. The average molecular weight is 437 g/mol. The van der Waals surface area contributed by atoms with Crippen LogP contribution in [-0.4, -0.2) is 30.5 Å². The standard InChI is InChI=1S/C26H24N6O/c1-16-23-21(15-22(19-11-7-5-8-12-19)27-25(23)31(4)29-16)26(33)28-24-17(2)30-32(18(24)3)20-13-9-6-10-14-20/h5-15H,1-4H3,(H,28,33). The number of aromatic nitrogens is 5. The van der Waals surface area contributed by atoms with Crippen molar-refractivity contribution in [2.75, 3.05) is 5.32 Å². The topological polar surface area (TPSA) is 77.6 Å². The summed E-state index contributed by atoms with van der Waals surface area (Å²) < 4.78 is 3.57. The number of nitrogens with one attached hydrogen (secondary N) is 1. The van der Waals surface area contributed by atoms with Crippen molar-refractivity contribution < 1.29 is 4.79 Å². The zero-order valence-corrected chi connectivity index (χ0v) is 19.0. The molecule has 0 bridgehead atoms. The molecule has 0 fully saturated rings. The van der Waals surface area contributed by atoms with Gasteiger partial charge in [0, 0.05) is 12.6 Å². The van der Waals surface area contributed by atoms with E-state index in [0.29, 0.717) is 16.9 Å². The molecule has 164 valence electrons. The van der Waals surface area contributed by atoms with Crippen LogP contribution in [0.3, 0.4) is 0 Å². The average Bonchev–Trinajstić information content (AvgIpc) is 3.29. The minimum absolute atomic E-state index is 0.213. The van der Waals surface area contributed by atoms with Crippen LogP contribution in [0.4, 0.5) is 5.69 Å². The molecule has 1 N–H and O–H groups in total. The second-order valence-corrected chi connectivity index (χ2v) is 8.08. The van der Waals surface area contributed by atoms with Crippen molar-refractivity contribution in [3.05, 3.63) is 89.4 Å². The molecule has 0 saturated heterocycles. The lowest BCUT2D eigenvalue weighted by atomic mass is 10.0. The lowest BCUT2D eigenvalue weighted by Crippen LogP contribution is -2.14.